The zero-order chi connectivity index (χ0) is 13.2. The van der Waals surface area contributed by atoms with Crippen molar-refractivity contribution in [2.24, 2.45) is 11.0 Å². The standard InChI is InChI=1S/C15H20N2O2/c18-14-12-8-4-5-9-13(12)15(19)17(14)16-10-11-6-2-1-3-7-11/h10-11H,1-9H2/b16-10+. The summed E-state index contributed by atoms with van der Waals surface area (Å²) >= 11 is 0. The minimum Gasteiger partial charge on any atom is -0.267 e. The molecule has 1 aliphatic heterocycles. The van der Waals surface area contributed by atoms with Crippen LogP contribution in [0, 0.1) is 5.92 Å². The maximum absolute atomic E-state index is 12.2. The van der Waals surface area contributed by atoms with E-state index in [1.807, 2.05) is 6.21 Å². The molecule has 19 heavy (non-hydrogen) atoms. The number of hydrogen-bond donors (Lipinski definition) is 0. The molecule has 0 saturated heterocycles. The molecule has 3 aliphatic rings. The van der Waals surface area contributed by atoms with Gasteiger partial charge in [0.2, 0.25) is 0 Å². The van der Waals surface area contributed by atoms with Crippen LogP contribution in [-0.4, -0.2) is 23.0 Å². The number of hydrazone groups is 1. The Morgan fingerprint density at radius 2 is 1.47 bits per heavy atom. The first-order valence-corrected chi connectivity index (χ1v) is 7.42. The summed E-state index contributed by atoms with van der Waals surface area (Å²) in [5.41, 5.74) is 1.44. The molecule has 0 unspecified atom stereocenters. The molecule has 2 amide bonds. The van der Waals surface area contributed by atoms with E-state index in [2.05, 4.69) is 5.10 Å². The van der Waals surface area contributed by atoms with Crippen molar-refractivity contribution in [3.63, 3.8) is 0 Å². The Morgan fingerprint density at radius 3 is 2.05 bits per heavy atom. The van der Waals surface area contributed by atoms with E-state index in [1.54, 1.807) is 0 Å². The molecular formula is C15H20N2O2. The van der Waals surface area contributed by atoms with Crippen LogP contribution in [0.25, 0.3) is 0 Å². The van der Waals surface area contributed by atoms with Gasteiger partial charge in [-0.3, -0.25) is 9.59 Å². The molecule has 0 bridgehead atoms. The maximum Gasteiger partial charge on any atom is 0.277 e. The van der Waals surface area contributed by atoms with Crippen molar-refractivity contribution in [3.05, 3.63) is 11.1 Å². The number of hydrogen-bond acceptors (Lipinski definition) is 3. The van der Waals surface area contributed by atoms with Crippen LogP contribution in [0.3, 0.4) is 0 Å². The van der Waals surface area contributed by atoms with Crippen molar-refractivity contribution >= 4 is 18.0 Å². The van der Waals surface area contributed by atoms with Crippen LogP contribution in [-0.2, 0) is 9.59 Å². The zero-order valence-electron chi connectivity index (χ0n) is 11.2. The molecule has 0 radical (unpaired) electrons. The Hall–Kier alpha value is -1.45. The van der Waals surface area contributed by atoms with Crippen LogP contribution in [0.15, 0.2) is 16.2 Å². The third-order valence-electron chi connectivity index (χ3n) is 4.41. The van der Waals surface area contributed by atoms with Crippen LogP contribution in [0.4, 0.5) is 0 Å². The second kappa shape index (κ2) is 5.27. The molecular weight excluding hydrogens is 240 g/mol. The van der Waals surface area contributed by atoms with Gasteiger partial charge in [-0.05, 0) is 44.4 Å². The summed E-state index contributed by atoms with van der Waals surface area (Å²) < 4.78 is 0. The highest BCUT2D eigenvalue weighted by atomic mass is 16.2. The molecule has 0 spiro atoms. The van der Waals surface area contributed by atoms with Gasteiger partial charge in [0.1, 0.15) is 0 Å². The number of amides is 2. The SMILES string of the molecule is O=C1C2=C(CCCC2)C(=O)N1/N=C/C1CCCCC1. The lowest BCUT2D eigenvalue weighted by atomic mass is 9.90. The number of carbonyl (C=O) groups is 2. The lowest BCUT2D eigenvalue weighted by Gasteiger charge is -2.17. The molecule has 0 aromatic rings. The van der Waals surface area contributed by atoms with Gasteiger partial charge in [0.05, 0.1) is 0 Å². The van der Waals surface area contributed by atoms with Crippen LogP contribution in [0.2, 0.25) is 0 Å². The third-order valence-corrected chi connectivity index (χ3v) is 4.41. The first kappa shape index (κ1) is 12.6. The molecule has 4 heteroatoms. The number of imide groups is 1. The van der Waals surface area contributed by atoms with Crippen molar-refractivity contribution < 1.29 is 9.59 Å². The van der Waals surface area contributed by atoms with E-state index < -0.39 is 0 Å². The number of carbonyl (C=O) groups excluding carboxylic acids is 2. The Labute approximate surface area is 113 Å². The Bertz CT molecular complexity index is 431. The summed E-state index contributed by atoms with van der Waals surface area (Å²) in [6, 6.07) is 0. The minimum atomic E-state index is -0.174. The van der Waals surface area contributed by atoms with Crippen molar-refractivity contribution in [3.8, 4) is 0 Å². The van der Waals surface area contributed by atoms with Gasteiger partial charge in [0, 0.05) is 17.4 Å². The van der Waals surface area contributed by atoms with Crippen LogP contribution >= 0.6 is 0 Å². The lowest BCUT2D eigenvalue weighted by molar-refractivity contribution is -0.137. The number of nitrogens with zero attached hydrogens (tertiary/aromatic N) is 2. The summed E-state index contributed by atoms with van der Waals surface area (Å²) in [6.07, 6.45) is 11.4. The monoisotopic (exact) mass is 260 g/mol. The molecule has 1 heterocycles. The highest BCUT2D eigenvalue weighted by molar-refractivity contribution is 6.19. The smallest absolute Gasteiger partial charge is 0.267 e. The summed E-state index contributed by atoms with van der Waals surface area (Å²) in [6.45, 7) is 0. The van der Waals surface area contributed by atoms with Gasteiger partial charge in [-0.2, -0.15) is 10.1 Å². The van der Waals surface area contributed by atoms with Gasteiger partial charge in [-0.15, -0.1) is 0 Å². The minimum absolute atomic E-state index is 0.174. The summed E-state index contributed by atoms with van der Waals surface area (Å²) in [7, 11) is 0. The van der Waals surface area contributed by atoms with Crippen molar-refractivity contribution in [2.45, 2.75) is 57.8 Å². The summed E-state index contributed by atoms with van der Waals surface area (Å²) in [5, 5.41) is 5.30. The predicted octanol–water partition coefficient (Wildman–Crippen LogP) is 2.79. The van der Waals surface area contributed by atoms with E-state index in [0.29, 0.717) is 5.92 Å². The first-order chi connectivity index (χ1) is 9.27. The van der Waals surface area contributed by atoms with Crippen molar-refractivity contribution in [1.29, 1.82) is 0 Å². The van der Waals surface area contributed by atoms with E-state index in [4.69, 9.17) is 0 Å². The topological polar surface area (TPSA) is 49.7 Å². The highest BCUT2D eigenvalue weighted by Gasteiger charge is 2.38. The molecule has 0 aromatic heterocycles. The van der Waals surface area contributed by atoms with Crippen molar-refractivity contribution in [1.82, 2.24) is 5.01 Å². The predicted molar refractivity (Wildman–Crippen MR) is 72.4 cm³/mol. The summed E-state index contributed by atoms with van der Waals surface area (Å²) in [5.74, 6) is 0.0884. The third kappa shape index (κ3) is 2.36. The molecule has 2 aliphatic carbocycles. The molecule has 1 saturated carbocycles. The van der Waals surface area contributed by atoms with Gasteiger partial charge < -0.3 is 0 Å². The summed E-state index contributed by atoms with van der Waals surface area (Å²) in [4.78, 5) is 24.3. The number of rotatable bonds is 2. The Balaban J connectivity index is 1.71. The average molecular weight is 260 g/mol. The van der Waals surface area contributed by atoms with Crippen LogP contribution in [0.1, 0.15) is 57.8 Å². The van der Waals surface area contributed by atoms with E-state index in [1.165, 1.54) is 19.3 Å². The maximum atomic E-state index is 12.2. The zero-order valence-corrected chi connectivity index (χ0v) is 11.2. The molecule has 4 nitrogen and oxygen atoms in total. The second-order valence-electron chi connectivity index (χ2n) is 5.75. The van der Waals surface area contributed by atoms with E-state index in [9.17, 15) is 9.59 Å². The fourth-order valence-electron chi connectivity index (χ4n) is 3.27. The molecule has 0 atom stereocenters. The normalized spacial score (nSPS) is 25.6. The average Bonchev–Trinajstić information content (AvgIpc) is 2.71. The quantitative estimate of drug-likeness (QED) is 0.566. The van der Waals surface area contributed by atoms with Crippen LogP contribution < -0.4 is 0 Å². The van der Waals surface area contributed by atoms with Crippen LogP contribution in [0.5, 0.6) is 0 Å². The first-order valence-electron chi connectivity index (χ1n) is 7.42. The van der Waals surface area contributed by atoms with Crippen molar-refractivity contribution in [2.75, 3.05) is 0 Å². The van der Waals surface area contributed by atoms with Gasteiger partial charge >= 0.3 is 0 Å². The highest BCUT2D eigenvalue weighted by Crippen LogP contribution is 2.33. The molecule has 0 N–H and O–H groups in total. The second-order valence-corrected chi connectivity index (χ2v) is 5.75. The Morgan fingerprint density at radius 1 is 0.895 bits per heavy atom. The molecule has 1 fully saturated rings. The van der Waals surface area contributed by atoms with Gasteiger partial charge in [-0.1, -0.05) is 19.3 Å². The fourth-order valence-corrected chi connectivity index (χ4v) is 3.27. The van der Waals surface area contributed by atoms with Gasteiger partial charge in [-0.25, -0.2) is 0 Å². The van der Waals surface area contributed by atoms with Gasteiger partial charge in [0.15, 0.2) is 0 Å². The molecule has 0 aromatic carbocycles. The largest absolute Gasteiger partial charge is 0.277 e. The van der Waals surface area contributed by atoms with E-state index >= 15 is 0 Å². The molecule has 3 rings (SSSR count). The molecule has 102 valence electrons. The van der Waals surface area contributed by atoms with E-state index in [-0.39, 0.29) is 11.8 Å². The fraction of sp³-hybridized carbons (Fsp3) is 0.667. The van der Waals surface area contributed by atoms with Gasteiger partial charge in [0.25, 0.3) is 11.8 Å². The lowest BCUT2D eigenvalue weighted by Crippen LogP contribution is -2.27. The Kier molecular flexibility index (Phi) is 3.49. The van der Waals surface area contributed by atoms with E-state index in [0.717, 1.165) is 54.7 Å².